The van der Waals surface area contributed by atoms with Crippen LogP contribution in [0.25, 0.3) is 0 Å². The molecule has 22 heavy (non-hydrogen) atoms. The van der Waals surface area contributed by atoms with E-state index in [2.05, 4.69) is 5.32 Å². The molecule has 1 amide bonds. The van der Waals surface area contributed by atoms with Crippen LogP contribution in [-0.4, -0.2) is 32.6 Å². The van der Waals surface area contributed by atoms with Crippen molar-refractivity contribution >= 4 is 46.9 Å². The van der Waals surface area contributed by atoms with E-state index in [1.54, 1.807) is 27.7 Å². The number of rotatable bonds is 6. The van der Waals surface area contributed by atoms with E-state index in [1.165, 1.54) is 6.92 Å². The molecule has 0 saturated carbocycles. The van der Waals surface area contributed by atoms with Gasteiger partial charge >= 0.3 is 12.1 Å². The lowest BCUT2D eigenvalue weighted by Crippen LogP contribution is -2.48. The number of alkyl carbamates (subject to hydrolysis) is 1. The van der Waals surface area contributed by atoms with Gasteiger partial charge in [0.25, 0.3) is 0 Å². The predicted molar refractivity (Wildman–Crippen MR) is 88.6 cm³/mol. The molecule has 0 aliphatic carbocycles. The quantitative estimate of drug-likeness (QED) is 0.674. The number of nitrogens with one attached hydrogen (secondary N) is 1. The highest BCUT2D eigenvalue weighted by atomic mass is 35.6. The van der Waals surface area contributed by atoms with Gasteiger partial charge in [0.05, 0.1) is 5.92 Å². The van der Waals surface area contributed by atoms with E-state index in [1.807, 2.05) is 0 Å². The third kappa shape index (κ3) is 9.59. The summed E-state index contributed by atoms with van der Waals surface area (Å²) in [5.41, 5.74) is -0.665. The average molecular weight is 377 g/mol. The molecule has 0 radical (unpaired) electrons. The molecule has 0 aromatic heterocycles. The highest BCUT2D eigenvalue weighted by Crippen LogP contribution is 2.34. The Morgan fingerprint density at radius 1 is 1.18 bits per heavy atom. The Morgan fingerprint density at radius 2 is 1.68 bits per heavy atom. The number of carbonyl (C=O) groups excluding carboxylic acids is 1. The van der Waals surface area contributed by atoms with Crippen LogP contribution in [0.2, 0.25) is 0 Å². The Hall–Kier alpha value is -0.390. The molecular formula is C14H24Cl3NO4. The molecule has 0 aromatic rings. The van der Waals surface area contributed by atoms with Gasteiger partial charge in [0.15, 0.2) is 3.79 Å². The van der Waals surface area contributed by atoms with E-state index in [4.69, 9.17) is 39.5 Å². The van der Waals surface area contributed by atoms with Gasteiger partial charge in [0, 0.05) is 6.04 Å². The van der Waals surface area contributed by atoms with Crippen molar-refractivity contribution in [1.29, 1.82) is 0 Å². The molecule has 5 nitrogen and oxygen atoms in total. The first-order valence-electron chi connectivity index (χ1n) is 7.02. The molecule has 0 aliphatic rings. The Labute approximate surface area is 146 Å². The van der Waals surface area contributed by atoms with Crippen LogP contribution < -0.4 is 5.32 Å². The Morgan fingerprint density at radius 3 is 2.05 bits per heavy atom. The van der Waals surface area contributed by atoms with Crippen molar-refractivity contribution in [3.05, 3.63) is 0 Å². The number of carboxylic acid groups (broad SMARTS) is 1. The lowest BCUT2D eigenvalue weighted by Gasteiger charge is -2.30. The maximum atomic E-state index is 11.9. The summed E-state index contributed by atoms with van der Waals surface area (Å²) in [4.78, 5) is 23.1. The number of hydrogen-bond acceptors (Lipinski definition) is 3. The normalized spacial score (nSPS) is 16.5. The lowest BCUT2D eigenvalue weighted by atomic mass is 9.87. The van der Waals surface area contributed by atoms with Gasteiger partial charge in [-0.25, -0.2) is 4.79 Å². The molecule has 130 valence electrons. The standard InChI is InChI=1S/C14H24Cl3NO4/c1-8(6-7-14(15,16)17)10(9(2)11(19)20)18-12(21)22-13(3,4)5/h8-10H,6-7H2,1-5H3,(H,18,21)(H,19,20). The van der Waals surface area contributed by atoms with Crippen LogP contribution in [0, 0.1) is 11.8 Å². The fraction of sp³-hybridized carbons (Fsp3) is 0.857. The summed E-state index contributed by atoms with van der Waals surface area (Å²) in [5, 5.41) is 11.8. The summed E-state index contributed by atoms with van der Waals surface area (Å²) >= 11 is 17.2. The van der Waals surface area contributed by atoms with Crippen molar-refractivity contribution in [1.82, 2.24) is 5.32 Å². The highest BCUT2D eigenvalue weighted by Gasteiger charge is 2.33. The zero-order valence-corrected chi connectivity index (χ0v) is 15.7. The summed E-state index contributed by atoms with van der Waals surface area (Å²) in [6, 6.07) is -0.625. The van der Waals surface area contributed by atoms with Gasteiger partial charge in [-0.05, 0) is 46.5 Å². The van der Waals surface area contributed by atoms with Crippen molar-refractivity contribution in [2.45, 2.75) is 62.9 Å². The molecule has 0 fully saturated rings. The molecule has 0 aliphatic heterocycles. The average Bonchev–Trinajstić information content (AvgIpc) is 2.28. The van der Waals surface area contributed by atoms with Crippen molar-refractivity contribution < 1.29 is 19.4 Å². The van der Waals surface area contributed by atoms with Crippen LogP contribution in [0.5, 0.6) is 0 Å². The maximum absolute atomic E-state index is 11.9. The number of carboxylic acids is 1. The fourth-order valence-corrected chi connectivity index (χ4v) is 2.26. The maximum Gasteiger partial charge on any atom is 0.407 e. The predicted octanol–water partition coefficient (Wildman–Crippen LogP) is 4.39. The summed E-state index contributed by atoms with van der Waals surface area (Å²) in [6.45, 7) is 8.52. The SMILES string of the molecule is CC(CCC(Cl)(Cl)Cl)C(NC(=O)OC(C)(C)C)C(C)C(=O)O. The first-order valence-corrected chi connectivity index (χ1v) is 8.15. The molecule has 0 saturated heterocycles. The van der Waals surface area contributed by atoms with Gasteiger partial charge in [0.1, 0.15) is 5.60 Å². The molecule has 0 heterocycles. The van der Waals surface area contributed by atoms with Gasteiger partial charge in [-0.2, -0.15) is 0 Å². The minimum Gasteiger partial charge on any atom is -0.481 e. The second-order valence-electron chi connectivity index (χ2n) is 6.43. The van der Waals surface area contributed by atoms with Crippen LogP contribution in [0.15, 0.2) is 0 Å². The smallest absolute Gasteiger partial charge is 0.407 e. The minimum atomic E-state index is -1.41. The molecule has 8 heteroatoms. The fourth-order valence-electron chi connectivity index (χ4n) is 1.93. The second-order valence-corrected chi connectivity index (χ2v) is 8.95. The summed E-state index contributed by atoms with van der Waals surface area (Å²) in [7, 11) is 0. The highest BCUT2D eigenvalue weighted by molar-refractivity contribution is 6.67. The zero-order valence-electron chi connectivity index (χ0n) is 13.5. The molecule has 3 unspecified atom stereocenters. The van der Waals surface area contributed by atoms with E-state index in [-0.39, 0.29) is 12.3 Å². The molecule has 0 rings (SSSR count). The largest absolute Gasteiger partial charge is 0.481 e. The summed E-state index contributed by atoms with van der Waals surface area (Å²) < 4.78 is 3.77. The number of aliphatic carboxylic acids is 1. The Balaban J connectivity index is 4.90. The molecule has 3 atom stereocenters. The van der Waals surface area contributed by atoms with E-state index < -0.39 is 33.4 Å². The number of carbonyl (C=O) groups is 2. The number of alkyl halides is 3. The summed E-state index contributed by atoms with van der Waals surface area (Å²) in [5.74, 6) is -2.01. The van der Waals surface area contributed by atoms with Crippen LogP contribution in [0.3, 0.4) is 0 Å². The number of ether oxygens (including phenoxy) is 1. The monoisotopic (exact) mass is 375 g/mol. The molecule has 0 aromatic carbocycles. The van der Waals surface area contributed by atoms with Crippen LogP contribution in [0.4, 0.5) is 4.79 Å². The molecular weight excluding hydrogens is 353 g/mol. The lowest BCUT2D eigenvalue weighted by molar-refractivity contribution is -0.142. The number of hydrogen-bond donors (Lipinski definition) is 2. The number of amides is 1. The van der Waals surface area contributed by atoms with E-state index in [0.29, 0.717) is 6.42 Å². The molecule has 0 bridgehead atoms. The van der Waals surface area contributed by atoms with Crippen LogP contribution in [-0.2, 0) is 9.53 Å². The molecule has 2 N–H and O–H groups in total. The van der Waals surface area contributed by atoms with Gasteiger partial charge in [-0.3, -0.25) is 4.79 Å². The van der Waals surface area contributed by atoms with E-state index >= 15 is 0 Å². The van der Waals surface area contributed by atoms with Gasteiger partial charge in [-0.1, -0.05) is 41.7 Å². The summed E-state index contributed by atoms with van der Waals surface area (Å²) in [6.07, 6.45) is 0.0537. The first-order chi connectivity index (χ1) is 9.73. The number of halogens is 3. The van der Waals surface area contributed by atoms with Crippen molar-refractivity contribution in [2.75, 3.05) is 0 Å². The van der Waals surface area contributed by atoms with Crippen LogP contribution in [0.1, 0.15) is 47.5 Å². The third-order valence-electron chi connectivity index (χ3n) is 3.11. The second kappa shape index (κ2) is 8.46. The third-order valence-corrected chi connectivity index (χ3v) is 3.67. The van der Waals surface area contributed by atoms with Gasteiger partial charge in [0.2, 0.25) is 0 Å². The van der Waals surface area contributed by atoms with Crippen LogP contribution >= 0.6 is 34.8 Å². The Bertz CT molecular complexity index is 391. The minimum absolute atomic E-state index is 0.200. The van der Waals surface area contributed by atoms with Crippen molar-refractivity contribution in [3.8, 4) is 0 Å². The van der Waals surface area contributed by atoms with Gasteiger partial charge < -0.3 is 15.2 Å². The van der Waals surface area contributed by atoms with E-state index in [9.17, 15) is 14.7 Å². The van der Waals surface area contributed by atoms with E-state index in [0.717, 1.165) is 0 Å². The molecule has 0 spiro atoms. The Kier molecular flexibility index (Phi) is 8.31. The van der Waals surface area contributed by atoms with Crippen molar-refractivity contribution in [2.24, 2.45) is 11.8 Å². The first kappa shape index (κ1) is 21.6. The topological polar surface area (TPSA) is 75.6 Å². The van der Waals surface area contributed by atoms with Crippen molar-refractivity contribution in [3.63, 3.8) is 0 Å². The van der Waals surface area contributed by atoms with Gasteiger partial charge in [-0.15, -0.1) is 0 Å². The zero-order chi connectivity index (χ0) is 17.7.